The second kappa shape index (κ2) is 10.4. The first-order valence-corrected chi connectivity index (χ1v) is 12.7. The van der Waals surface area contributed by atoms with Crippen molar-refractivity contribution in [3.63, 3.8) is 0 Å². The minimum absolute atomic E-state index is 0.0192. The molecule has 3 heterocycles. The van der Waals surface area contributed by atoms with Gasteiger partial charge in [-0.25, -0.2) is 14.6 Å². The summed E-state index contributed by atoms with van der Waals surface area (Å²) >= 11 is 0. The van der Waals surface area contributed by atoms with Crippen LogP contribution >= 0.6 is 0 Å². The van der Waals surface area contributed by atoms with Crippen LogP contribution in [0.2, 0.25) is 0 Å². The Kier molecular flexibility index (Phi) is 6.85. The number of likely N-dealkylation sites (tertiary alicyclic amines) is 1. The van der Waals surface area contributed by atoms with Gasteiger partial charge in [0.2, 0.25) is 5.91 Å². The molecule has 1 aliphatic rings. The van der Waals surface area contributed by atoms with E-state index in [1.54, 1.807) is 0 Å². The minimum Gasteiger partial charge on any atom is -0.383 e. The number of aromatic nitrogens is 4. The van der Waals surface area contributed by atoms with Crippen molar-refractivity contribution in [3.8, 4) is 11.3 Å². The van der Waals surface area contributed by atoms with Crippen molar-refractivity contribution >= 4 is 28.7 Å². The van der Waals surface area contributed by atoms with E-state index in [1.165, 1.54) is 6.33 Å². The maximum absolute atomic E-state index is 12.6. The lowest BCUT2D eigenvalue weighted by molar-refractivity contribution is -0.132. The highest BCUT2D eigenvalue weighted by molar-refractivity contribution is 5.98. The molecule has 1 fully saturated rings. The molecule has 9 heteroatoms. The van der Waals surface area contributed by atoms with Gasteiger partial charge >= 0.3 is 0 Å². The average molecular weight is 498 g/mol. The molecule has 2 aromatic heterocycles. The maximum atomic E-state index is 12.6. The summed E-state index contributed by atoms with van der Waals surface area (Å²) in [5.41, 5.74) is 11.2. The molecule has 1 saturated heterocycles. The third-order valence-corrected chi connectivity index (χ3v) is 6.99. The largest absolute Gasteiger partial charge is 0.383 e. The van der Waals surface area contributed by atoms with Gasteiger partial charge in [-0.15, -0.1) is 0 Å². The second-order valence-corrected chi connectivity index (χ2v) is 9.43. The van der Waals surface area contributed by atoms with Crippen LogP contribution in [0.15, 0.2) is 54.9 Å². The predicted octanol–water partition coefficient (Wildman–Crippen LogP) is 3.89. The molecule has 5 rings (SSSR count). The van der Waals surface area contributed by atoms with Crippen LogP contribution in [-0.4, -0.2) is 49.6 Å². The van der Waals surface area contributed by atoms with Crippen LogP contribution in [0.5, 0.6) is 0 Å². The standard InChI is InChI=1S/C28H31N7O2/c1-3-23(36)34-14-6-8-21(16-34)35-27-24(26(29)31-17-32-27)25(33-35)20-12-10-19(11-13-20)15-30-28(37)22-9-5-4-7-18(22)2/h4-5,7,9-13,17,21H,3,6,8,14-16H2,1-2H3,(H,30,37)(H2,29,31,32)/t21-/m1/s1. The number of aryl methyl sites for hydroxylation is 1. The number of fused-ring (bicyclic) bond motifs is 1. The van der Waals surface area contributed by atoms with E-state index in [-0.39, 0.29) is 17.9 Å². The zero-order chi connectivity index (χ0) is 25.9. The molecule has 0 saturated carbocycles. The van der Waals surface area contributed by atoms with E-state index in [2.05, 4.69) is 15.3 Å². The number of nitrogens with zero attached hydrogens (tertiary/aromatic N) is 5. The van der Waals surface area contributed by atoms with Gasteiger partial charge in [0.05, 0.1) is 11.4 Å². The van der Waals surface area contributed by atoms with Crippen LogP contribution in [0.3, 0.4) is 0 Å². The minimum atomic E-state index is -0.0973. The summed E-state index contributed by atoms with van der Waals surface area (Å²) in [7, 11) is 0. The summed E-state index contributed by atoms with van der Waals surface area (Å²) in [5.74, 6) is 0.429. The van der Waals surface area contributed by atoms with Crippen LogP contribution in [0.4, 0.5) is 5.82 Å². The van der Waals surface area contributed by atoms with Crippen molar-refractivity contribution in [2.45, 2.75) is 45.7 Å². The third kappa shape index (κ3) is 4.89. The Bertz CT molecular complexity index is 1440. The molecule has 2 amide bonds. The third-order valence-electron chi connectivity index (χ3n) is 6.99. The fourth-order valence-electron chi connectivity index (χ4n) is 4.94. The number of benzene rings is 2. The second-order valence-electron chi connectivity index (χ2n) is 9.43. The van der Waals surface area contributed by atoms with Gasteiger partial charge in [-0.1, -0.05) is 49.4 Å². The Labute approximate surface area is 215 Å². The Morgan fingerprint density at radius 1 is 1.11 bits per heavy atom. The molecule has 0 bridgehead atoms. The van der Waals surface area contributed by atoms with E-state index < -0.39 is 0 Å². The first-order chi connectivity index (χ1) is 18.0. The number of carbonyl (C=O) groups is 2. The molecule has 1 atom stereocenters. The fraction of sp³-hybridized carbons (Fsp3) is 0.321. The van der Waals surface area contributed by atoms with Crippen LogP contribution in [0, 0.1) is 6.92 Å². The smallest absolute Gasteiger partial charge is 0.251 e. The highest BCUT2D eigenvalue weighted by Gasteiger charge is 2.28. The summed E-state index contributed by atoms with van der Waals surface area (Å²) in [6, 6.07) is 15.4. The van der Waals surface area contributed by atoms with Gasteiger partial charge in [0.25, 0.3) is 5.91 Å². The molecule has 3 N–H and O–H groups in total. The van der Waals surface area contributed by atoms with E-state index in [9.17, 15) is 9.59 Å². The number of piperidine rings is 1. The predicted molar refractivity (Wildman–Crippen MR) is 143 cm³/mol. The van der Waals surface area contributed by atoms with Crippen molar-refractivity contribution < 1.29 is 9.59 Å². The topological polar surface area (TPSA) is 119 Å². The lowest BCUT2D eigenvalue weighted by Gasteiger charge is -2.32. The van der Waals surface area contributed by atoms with Gasteiger partial charge in [0.1, 0.15) is 17.8 Å². The molecule has 9 nitrogen and oxygen atoms in total. The molecule has 4 aromatic rings. The van der Waals surface area contributed by atoms with E-state index in [4.69, 9.17) is 10.8 Å². The number of nitrogen functional groups attached to an aromatic ring is 1. The number of carbonyl (C=O) groups excluding carboxylic acids is 2. The lowest BCUT2D eigenvalue weighted by Crippen LogP contribution is -2.40. The highest BCUT2D eigenvalue weighted by atomic mass is 16.2. The molecule has 190 valence electrons. The Morgan fingerprint density at radius 3 is 2.65 bits per heavy atom. The maximum Gasteiger partial charge on any atom is 0.251 e. The van der Waals surface area contributed by atoms with Crippen molar-refractivity contribution in [2.75, 3.05) is 18.8 Å². The van der Waals surface area contributed by atoms with Crippen molar-refractivity contribution in [3.05, 3.63) is 71.5 Å². The van der Waals surface area contributed by atoms with Crippen LogP contribution in [-0.2, 0) is 11.3 Å². The number of amides is 2. The number of nitrogens with one attached hydrogen (secondary N) is 1. The molecular weight excluding hydrogens is 466 g/mol. The number of rotatable bonds is 6. The van der Waals surface area contributed by atoms with E-state index in [0.29, 0.717) is 47.6 Å². The number of anilines is 1. The number of hydrogen-bond acceptors (Lipinski definition) is 6. The Hall–Kier alpha value is -4.27. The summed E-state index contributed by atoms with van der Waals surface area (Å²) in [5, 5.41) is 8.64. The van der Waals surface area contributed by atoms with Crippen LogP contribution in [0.1, 0.15) is 53.7 Å². The molecule has 2 aromatic carbocycles. The van der Waals surface area contributed by atoms with Gasteiger partial charge in [-0.2, -0.15) is 5.10 Å². The summed E-state index contributed by atoms with van der Waals surface area (Å²) < 4.78 is 1.91. The highest BCUT2D eigenvalue weighted by Crippen LogP contribution is 2.34. The van der Waals surface area contributed by atoms with E-state index in [1.807, 2.05) is 72.0 Å². The van der Waals surface area contributed by atoms with Crippen molar-refractivity contribution in [1.82, 2.24) is 30.0 Å². The fourth-order valence-corrected chi connectivity index (χ4v) is 4.94. The molecule has 0 aliphatic carbocycles. The average Bonchev–Trinajstić information content (AvgIpc) is 3.33. The van der Waals surface area contributed by atoms with E-state index >= 15 is 0 Å². The molecule has 0 unspecified atom stereocenters. The first-order valence-electron chi connectivity index (χ1n) is 12.7. The SMILES string of the molecule is CCC(=O)N1CCC[C@@H](n2nc(-c3ccc(CNC(=O)c4ccccc4C)cc3)c3c(N)ncnc32)C1. The van der Waals surface area contributed by atoms with Crippen molar-refractivity contribution in [2.24, 2.45) is 0 Å². The monoisotopic (exact) mass is 497 g/mol. The van der Waals surface area contributed by atoms with Gasteiger partial charge < -0.3 is 16.0 Å². The Morgan fingerprint density at radius 2 is 1.89 bits per heavy atom. The Balaban J connectivity index is 1.39. The van der Waals surface area contributed by atoms with Gasteiger partial charge in [-0.3, -0.25) is 9.59 Å². The number of nitrogens with two attached hydrogens (primary N) is 1. The van der Waals surface area contributed by atoms with Crippen LogP contribution < -0.4 is 11.1 Å². The zero-order valence-electron chi connectivity index (χ0n) is 21.1. The van der Waals surface area contributed by atoms with Gasteiger partial charge in [0, 0.05) is 37.2 Å². The van der Waals surface area contributed by atoms with Gasteiger partial charge in [-0.05, 0) is 37.0 Å². The van der Waals surface area contributed by atoms with Crippen LogP contribution in [0.25, 0.3) is 22.3 Å². The molecule has 0 radical (unpaired) electrons. The normalized spacial score (nSPS) is 15.6. The summed E-state index contributed by atoms with van der Waals surface area (Å²) in [6.07, 6.45) is 3.77. The van der Waals surface area contributed by atoms with Gasteiger partial charge in [0.15, 0.2) is 5.65 Å². The molecule has 37 heavy (non-hydrogen) atoms. The molecular formula is C28H31N7O2. The van der Waals surface area contributed by atoms with E-state index in [0.717, 1.165) is 36.1 Å². The molecule has 1 aliphatic heterocycles. The summed E-state index contributed by atoms with van der Waals surface area (Å²) in [6.45, 7) is 5.60. The van der Waals surface area contributed by atoms with Crippen molar-refractivity contribution in [1.29, 1.82) is 0 Å². The first kappa shape index (κ1) is 24.4. The lowest BCUT2D eigenvalue weighted by atomic mass is 10.1. The number of hydrogen-bond donors (Lipinski definition) is 2. The quantitative estimate of drug-likeness (QED) is 0.417. The molecule has 0 spiro atoms. The summed E-state index contributed by atoms with van der Waals surface area (Å²) in [4.78, 5) is 35.5. The zero-order valence-corrected chi connectivity index (χ0v) is 21.1.